The molecule has 1 saturated carbocycles. The monoisotopic (exact) mass is 460 g/mol. The number of alkyl halides is 3. The summed E-state index contributed by atoms with van der Waals surface area (Å²) in [5.74, 6) is -0.225. The van der Waals surface area contributed by atoms with Gasteiger partial charge in [0, 0.05) is 31.1 Å². The fourth-order valence-corrected chi connectivity index (χ4v) is 4.43. The van der Waals surface area contributed by atoms with Gasteiger partial charge in [0.25, 0.3) is 5.91 Å². The van der Waals surface area contributed by atoms with E-state index in [1.54, 1.807) is 24.3 Å². The Labute approximate surface area is 188 Å². The zero-order valence-electron chi connectivity index (χ0n) is 17.7. The maximum absolute atomic E-state index is 13.3. The third kappa shape index (κ3) is 4.49. The van der Waals surface area contributed by atoms with E-state index in [0.717, 1.165) is 25.0 Å². The van der Waals surface area contributed by atoms with Gasteiger partial charge in [-0.2, -0.15) is 13.2 Å². The molecule has 0 aromatic heterocycles. The molecule has 2 aromatic carbocycles. The molecule has 2 aliphatic heterocycles. The number of benzene rings is 2. The summed E-state index contributed by atoms with van der Waals surface area (Å²) in [5, 5.41) is 2.93. The van der Waals surface area contributed by atoms with Gasteiger partial charge in [-0.25, -0.2) is 0 Å². The van der Waals surface area contributed by atoms with Gasteiger partial charge < -0.3 is 19.7 Å². The van der Waals surface area contributed by atoms with Gasteiger partial charge in [-0.1, -0.05) is 18.2 Å². The Kier molecular flexibility index (Phi) is 5.42. The molecular weight excluding hydrogens is 437 g/mol. The number of amides is 2. The maximum Gasteiger partial charge on any atom is 0.416 e. The number of halogens is 3. The van der Waals surface area contributed by atoms with Crippen LogP contribution in [0.25, 0.3) is 0 Å². The van der Waals surface area contributed by atoms with Gasteiger partial charge in [0.05, 0.1) is 11.5 Å². The van der Waals surface area contributed by atoms with E-state index in [0.29, 0.717) is 35.1 Å². The summed E-state index contributed by atoms with van der Waals surface area (Å²) in [4.78, 5) is 27.7. The highest BCUT2D eigenvalue weighted by molar-refractivity contribution is 5.96. The molecule has 2 fully saturated rings. The van der Waals surface area contributed by atoms with Crippen LogP contribution < -0.4 is 14.8 Å². The van der Waals surface area contributed by atoms with Gasteiger partial charge in [0.1, 0.15) is 0 Å². The number of rotatable bonds is 5. The summed E-state index contributed by atoms with van der Waals surface area (Å²) in [6.45, 7) is 0.916. The number of likely N-dealkylation sites (tertiary alicyclic amines) is 1. The summed E-state index contributed by atoms with van der Waals surface area (Å²) >= 11 is 0. The van der Waals surface area contributed by atoms with E-state index in [-0.39, 0.29) is 31.7 Å². The largest absolute Gasteiger partial charge is 0.454 e. The Morgan fingerprint density at radius 1 is 1.03 bits per heavy atom. The van der Waals surface area contributed by atoms with Gasteiger partial charge in [-0.05, 0) is 48.6 Å². The highest BCUT2D eigenvalue weighted by atomic mass is 19.4. The lowest BCUT2D eigenvalue weighted by Crippen LogP contribution is -2.36. The predicted molar refractivity (Wildman–Crippen MR) is 112 cm³/mol. The Hall–Kier alpha value is -3.23. The molecule has 5 rings (SSSR count). The van der Waals surface area contributed by atoms with Crippen molar-refractivity contribution in [1.29, 1.82) is 0 Å². The molecule has 6 nitrogen and oxygen atoms in total. The third-order valence-corrected chi connectivity index (χ3v) is 6.47. The second kappa shape index (κ2) is 8.28. The predicted octanol–water partition coefficient (Wildman–Crippen LogP) is 3.82. The Balaban J connectivity index is 1.40. The number of fused-ring (bicyclic) bond motifs is 1. The molecule has 1 N–H and O–H groups in total. The maximum atomic E-state index is 13.3. The van der Waals surface area contributed by atoms with Gasteiger partial charge in [-0.15, -0.1) is 0 Å². The molecule has 1 saturated heterocycles. The molecule has 0 bridgehead atoms. The number of hydrogen-bond acceptors (Lipinski definition) is 4. The number of carbonyl (C=O) groups is 2. The number of hydrogen-bond donors (Lipinski definition) is 1. The Morgan fingerprint density at radius 3 is 2.58 bits per heavy atom. The van der Waals surface area contributed by atoms with Crippen molar-refractivity contribution in [3.8, 4) is 11.5 Å². The van der Waals surface area contributed by atoms with Gasteiger partial charge >= 0.3 is 6.18 Å². The van der Waals surface area contributed by atoms with Crippen molar-refractivity contribution < 1.29 is 32.2 Å². The standard InChI is InChI=1S/C24H23F3N2O4/c25-24(26,27)17-3-1-2-15(8-17)18-11-29(12-19(18)22(30)28-10-14-4-5-14)23(31)16-6-7-20-21(9-16)33-13-32-20/h1-3,6-9,14,18-19H,4-5,10-13H2,(H,28,30)/t18-,19-/m1/s1. The van der Waals surface area contributed by atoms with Crippen LogP contribution in [0, 0.1) is 11.8 Å². The van der Waals surface area contributed by atoms with Crippen LogP contribution in [0.15, 0.2) is 42.5 Å². The van der Waals surface area contributed by atoms with E-state index in [4.69, 9.17) is 9.47 Å². The second-order valence-corrected chi connectivity index (χ2v) is 8.80. The lowest BCUT2D eigenvalue weighted by atomic mass is 9.87. The van der Waals surface area contributed by atoms with Gasteiger partial charge in [0.15, 0.2) is 11.5 Å². The first kappa shape index (κ1) is 21.6. The Bertz CT molecular complexity index is 1080. The summed E-state index contributed by atoms with van der Waals surface area (Å²) in [6, 6.07) is 9.89. The minimum Gasteiger partial charge on any atom is -0.454 e. The lowest BCUT2D eigenvalue weighted by molar-refractivity contribution is -0.137. The molecular formula is C24H23F3N2O4. The SMILES string of the molecule is O=C(NCC1CC1)[C@@H]1CN(C(=O)c2ccc3c(c2)OCO3)C[C@@H]1c1cccc(C(F)(F)F)c1. The molecule has 2 amide bonds. The van der Waals surface area contributed by atoms with Crippen molar-refractivity contribution in [1.82, 2.24) is 10.2 Å². The van der Waals surface area contributed by atoms with Crippen LogP contribution in [0.3, 0.4) is 0 Å². The molecule has 0 spiro atoms. The van der Waals surface area contributed by atoms with Crippen LogP contribution >= 0.6 is 0 Å². The molecule has 2 heterocycles. The van der Waals surface area contributed by atoms with E-state index in [2.05, 4.69) is 5.32 Å². The number of nitrogens with zero attached hydrogens (tertiary/aromatic N) is 1. The molecule has 3 aliphatic rings. The second-order valence-electron chi connectivity index (χ2n) is 8.80. The zero-order valence-corrected chi connectivity index (χ0v) is 17.7. The van der Waals surface area contributed by atoms with E-state index >= 15 is 0 Å². The van der Waals surface area contributed by atoms with E-state index in [1.807, 2.05) is 0 Å². The average molecular weight is 460 g/mol. The topological polar surface area (TPSA) is 67.9 Å². The quantitative estimate of drug-likeness (QED) is 0.737. The molecule has 2 aromatic rings. The molecule has 174 valence electrons. The van der Waals surface area contributed by atoms with E-state index in [9.17, 15) is 22.8 Å². The van der Waals surface area contributed by atoms with Crippen LogP contribution in [0.4, 0.5) is 13.2 Å². The van der Waals surface area contributed by atoms with Crippen LogP contribution in [-0.2, 0) is 11.0 Å². The van der Waals surface area contributed by atoms with Crippen molar-refractivity contribution in [3.05, 3.63) is 59.2 Å². The zero-order chi connectivity index (χ0) is 23.2. The number of carbonyl (C=O) groups excluding carboxylic acids is 2. The number of nitrogens with one attached hydrogen (secondary N) is 1. The van der Waals surface area contributed by atoms with E-state index < -0.39 is 23.6 Å². The highest BCUT2D eigenvalue weighted by Crippen LogP contribution is 2.38. The first-order chi connectivity index (χ1) is 15.8. The average Bonchev–Trinajstić information content (AvgIpc) is 3.32. The first-order valence-corrected chi connectivity index (χ1v) is 10.9. The van der Waals surface area contributed by atoms with Crippen LogP contribution in [0.1, 0.15) is 40.2 Å². The molecule has 1 aliphatic carbocycles. The third-order valence-electron chi connectivity index (χ3n) is 6.47. The van der Waals surface area contributed by atoms with Crippen LogP contribution in [0.2, 0.25) is 0 Å². The van der Waals surface area contributed by atoms with Crippen LogP contribution in [0.5, 0.6) is 11.5 Å². The van der Waals surface area contributed by atoms with Crippen molar-refractivity contribution >= 4 is 11.8 Å². The summed E-state index contributed by atoms with van der Waals surface area (Å²) < 4.78 is 50.5. The summed E-state index contributed by atoms with van der Waals surface area (Å²) in [7, 11) is 0. The normalized spacial score (nSPS) is 21.8. The first-order valence-electron chi connectivity index (χ1n) is 10.9. The van der Waals surface area contributed by atoms with Crippen molar-refractivity contribution in [2.75, 3.05) is 26.4 Å². The van der Waals surface area contributed by atoms with Gasteiger partial charge in [-0.3, -0.25) is 9.59 Å². The molecule has 0 unspecified atom stereocenters. The minimum absolute atomic E-state index is 0.0809. The summed E-state index contributed by atoms with van der Waals surface area (Å²) in [6.07, 6.45) is -2.35. The van der Waals surface area contributed by atoms with Gasteiger partial charge in [0.2, 0.25) is 12.7 Å². The molecule has 33 heavy (non-hydrogen) atoms. The van der Waals surface area contributed by atoms with Crippen molar-refractivity contribution in [3.63, 3.8) is 0 Å². The highest BCUT2D eigenvalue weighted by Gasteiger charge is 2.42. The van der Waals surface area contributed by atoms with Crippen LogP contribution in [-0.4, -0.2) is 43.1 Å². The smallest absolute Gasteiger partial charge is 0.416 e. The van der Waals surface area contributed by atoms with E-state index in [1.165, 1.54) is 11.0 Å². The summed E-state index contributed by atoms with van der Waals surface area (Å²) in [5.41, 5.74) is 0.0103. The minimum atomic E-state index is -4.49. The molecule has 0 radical (unpaired) electrons. The lowest BCUT2D eigenvalue weighted by Gasteiger charge is -2.19. The molecule has 9 heteroatoms. The fourth-order valence-electron chi connectivity index (χ4n) is 4.43. The number of ether oxygens (including phenoxy) is 2. The Morgan fingerprint density at radius 2 is 1.82 bits per heavy atom. The van der Waals surface area contributed by atoms with Crippen molar-refractivity contribution in [2.24, 2.45) is 11.8 Å². The fraction of sp³-hybridized carbons (Fsp3) is 0.417. The molecule has 2 atom stereocenters. The van der Waals surface area contributed by atoms with Crippen molar-refractivity contribution in [2.45, 2.75) is 24.9 Å².